The van der Waals surface area contributed by atoms with E-state index in [0.29, 0.717) is 0 Å². The third-order valence-corrected chi connectivity index (χ3v) is 5.52. The molecule has 0 radical (unpaired) electrons. The molecule has 0 aliphatic heterocycles. The van der Waals surface area contributed by atoms with Crippen LogP contribution in [0, 0.1) is 5.92 Å². The fourth-order valence-electron chi connectivity index (χ4n) is 4.07. The number of hydrogen-bond donors (Lipinski definition) is 0. The second-order valence-electron chi connectivity index (χ2n) is 7.38. The molecule has 2 heteroatoms. The molecule has 1 aromatic carbocycles. The molecule has 0 N–H and O–H groups in total. The predicted molar refractivity (Wildman–Crippen MR) is 109 cm³/mol. The van der Waals surface area contributed by atoms with Gasteiger partial charge < -0.3 is 9.47 Å². The standard InChI is InChI=1S/C24H32O2/c1-3-10-21(4-2)26-24(25-18-17-19-11-6-5-7-12-19)23-16-15-20-13-8-9-14-22(20)23/h4,8-10,13-16,19,23-24H,2-3,5-7,11-12,17-18H2,1H3. The average molecular weight is 353 g/mol. The Bertz CT molecular complexity index is 637. The summed E-state index contributed by atoms with van der Waals surface area (Å²) < 4.78 is 12.5. The molecule has 1 aromatic rings. The molecular weight excluding hydrogens is 320 g/mol. The van der Waals surface area contributed by atoms with E-state index in [9.17, 15) is 0 Å². The van der Waals surface area contributed by atoms with Crippen molar-refractivity contribution in [2.24, 2.45) is 5.92 Å². The maximum Gasteiger partial charge on any atom is 0.210 e. The summed E-state index contributed by atoms with van der Waals surface area (Å²) in [5, 5.41) is 0. The van der Waals surface area contributed by atoms with Crippen molar-refractivity contribution < 1.29 is 9.47 Å². The normalized spacial score (nSPS) is 21.4. The van der Waals surface area contributed by atoms with E-state index in [1.165, 1.54) is 43.2 Å². The van der Waals surface area contributed by atoms with Gasteiger partial charge in [-0.15, -0.1) is 0 Å². The van der Waals surface area contributed by atoms with Crippen molar-refractivity contribution in [2.75, 3.05) is 6.61 Å². The van der Waals surface area contributed by atoms with Gasteiger partial charge >= 0.3 is 0 Å². The highest BCUT2D eigenvalue weighted by Crippen LogP contribution is 2.35. The van der Waals surface area contributed by atoms with Crippen LogP contribution in [0.15, 0.2) is 54.8 Å². The van der Waals surface area contributed by atoms with Crippen molar-refractivity contribution in [2.45, 2.75) is 64.1 Å². The predicted octanol–water partition coefficient (Wildman–Crippen LogP) is 6.61. The highest BCUT2D eigenvalue weighted by Gasteiger charge is 2.29. The van der Waals surface area contributed by atoms with E-state index >= 15 is 0 Å². The van der Waals surface area contributed by atoms with E-state index in [2.05, 4.69) is 56.0 Å². The minimum Gasteiger partial charge on any atom is -0.464 e. The number of ether oxygens (including phenoxy) is 2. The zero-order valence-corrected chi connectivity index (χ0v) is 16.0. The zero-order valence-electron chi connectivity index (χ0n) is 16.0. The monoisotopic (exact) mass is 352 g/mol. The first kappa shape index (κ1) is 19.0. The van der Waals surface area contributed by atoms with E-state index < -0.39 is 0 Å². The molecule has 2 nitrogen and oxygen atoms in total. The van der Waals surface area contributed by atoms with Crippen molar-refractivity contribution in [3.05, 3.63) is 66.0 Å². The second-order valence-corrected chi connectivity index (χ2v) is 7.38. The fraction of sp³-hybridized carbons (Fsp3) is 0.500. The van der Waals surface area contributed by atoms with Crippen LogP contribution in [0.2, 0.25) is 0 Å². The Labute approximate surface area is 158 Å². The number of rotatable bonds is 9. The Hall–Kier alpha value is -1.80. The zero-order chi connectivity index (χ0) is 18.2. The molecule has 1 fully saturated rings. The molecule has 0 spiro atoms. The van der Waals surface area contributed by atoms with Crippen LogP contribution in [0.25, 0.3) is 6.08 Å². The fourth-order valence-corrected chi connectivity index (χ4v) is 4.07. The third-order valence-electron chi connectivity index (χ3n) is 5.52. The average Bonchev–Trinajstić information content (AvgIpc) is 3.11. The quantitative estimate of drug-likeness (QED) is 0.283. The van der Waals surface area contributed by atoms with Crippen LogP contribution in [0.1, 0.15) is 68.9 Å². The molecule has 0 amide bonds. The number of hydrogen-bond acceptors (Lipinski definition) is 2. The molecule has 0 saturated heterocycles. The van der Waals surface area contributed by atoms with Gasteiger partial charge in [0.15, 0.2) is 0 Å². The summed E-state index contributed by atoms with van der Waals surface area (Å²) in [5.74, 6) is 1.77. The molecule has 2 aliphatic carbocycles. The minimum absolute atomic E-state index is 0.137. The Kier molecular flexibility index (Phi) is 7.13. The van der Waals surface area contributed by atoms with Crippen LogP contribution in [-0.4, -0.2) is 12.9 Å². The molecule has 3 rings (SSSR count). The minimum atomic E-state index is -0.297. The molecule has 0 heterocycles. The lowest BCUT2D eigenvalue weighted by molar-refractivity contribution is -0.123. The molecule has 2 unspecified atom stereocenters. The summed E-state index contributed by atoms with van der Waals surface area (Å²) >= 11 is 0. The van der Waals surface area contributed by atoms with Crippen LogP contribution in [0.3, 0.4) is 0 Å². The van der Waals surface area contributed by atoms with Crippen LogP contribution < -0.4 is 0 Å². The summed E-state index contributed by atoms with van der Waals surface area (Å²) in [6.45, 7) is 6.76. The van der Waals surface area contributed by atoms with Crippen LogP contribution >= 0.6 is 0 Å². The summed E-state index contributed by atoms with van der Waals surface area (Å²) in [7, 11) is 0. The van der Waals surface area contributed by atoms with Gasteiger partial charge in [0.05, 0.1) is 12.5 Å². The second kappa shape index (κ2) is 9.78. The number of allylic oxidation sites excluding steroid dienone is 2. The lowest BCUT2D eigenvalue weighted by Gasteiger charge is -2.27. The molecule has 0 aromatic heterocycles. The molecular formula is C24H32O2. The first-order chi connectivity index (χ1) is 12.8. The molecule has 26 heavy (non-hydrogen) atoms. The van der Waals surface area contributed by atoms with Gasteiger partial charge in [-0.05, 0) is 42.0 Å². The molecule has 2 aliphatic rings. The topological polar surface area (TPSA) is 18.5 Å². The Balaban J connectivity index is 1.66. The van der Waals surface area contributed by atoms with Gasteiger partial charge in [0.2, 0.25) is 6.29 Å². The van der Waals surface area contributed by atoms with E-state index in [0.717, 1.165) is 31.1 Å². The van der Waals surface area contributed by atoms with Crippen LogP contribution in [0.5, 0.6) is 0 Å². The highest BCUT2D eigenvalue weighted by molar-refractivity contribution is 5.62. The lowest BCUT2D eigenvalue weighted by Crippen LogP contribution is -2.25. The van der Waals surface area contributed by atoms with Crippen molar-refractivity contribution in [3.8, 4) is 0 Å². The highest BCUT2D eigenvalue weighted by atomic mass is 16.7. The summed E-state index contributed by atoms with van der Waals surface area (Å²) in [6, 6.07) is 8.50. The van der Waals surface area contributed by atoms with Crippen molar-refractivity contribution in [1.29, 1.82) is 0 Å². The largest absolute Gasteiger partial charge is 0.464 e. The summed E-state index contributed by atoms with van der Waals surface area (Å²) in [6.07, 6.45) is 16.9. The smallest absolute Gasteiger partial charge is 0.210 e. The maximum absolute atomic E-state index is 6.30. The van der Waals surface area contributed by atoms with Gasteiger partial charge in [0, 0.05) is 0 Å². The summed E-state index contributed by atoms with van der Waals surface area (Å²) in [4.78, 5) is 0. The van der Waals surface area contributed by atoms with Gasteiger partial charge in [-0.3, -0.25) is 0 Å². The van der Waals surface area contributed by atoms with Crippen molar-refractivity contribution in [3.63, 3.8) is 0 Å². The SMILES string of the molecule is C=CC(=CCC)OC(OCCC1CCCCC1)C1C=Cc2ccccc21. The lowest BCUT2D eigenvalue weighted by atomic mass is 9.87. The molecule has 2 atom stereocenters. The third kappa shape index (κ3) is 4.88. The molecule has 140 valence electrons. The number of fused-ring (bicyclic) bond motifs is 1. The van der Waals surface area contributed by atoms with E-state index in [-0.39, 0.29) is 12.2 Å². The van der Waals surface area contributed by atoms with Gasteiger partial charge in [0.1, 0.15) is 5.76 Å². The Morgan fingerprint density at radius 2 is 2.04 bits per heavy atom. The molecule has 0 bridgehead atoms. The first-order valence-electron chi connectivity index (χ1n) is 10.2. The Morgan fingerprint density at radius 1 is 1.23 bits per heavy atom. The first-order valence-corrected chi connectivity index (χ1v) is 10.2. The van der Waals surface area contributed by atoms with Crippen molar-refractivity contribution in [1.82, 2.24) is 0 Å². The van der Waals surface area contributed by atoms with Gasteiger partial charge in [-0.1, -0.05) is 82.0 Å². The van der Waals surface area contributed by atoms with E-state index in [1.807, 2.05) is 0 Å². The van der Waals surface area contributed by atoms with Crippen molar-refractivity contribution >= 4 is 6.08 Å². The Morgan fingerprint density at radius 3 is 2.81 bits per heavy atom. The van der Waals surface area contributed by atoms with Gasteiger partial charge in [-0.25, -0.2) is 0 Å². The van der Waals surface area contributed by atoms with Crippen LogP contribution in [0.4, 0.5) is 0 Å². The van der Waals surface area contributed by atoms with Gasteiger partial charge in [-0.2, -0.15) is 0 Å². The van der Waals surface area contributed by atoms with Gasteiger partial charge in [0.25, 0.3) is 0 Å². The van der Waals surface area contributed by atoms with E-state index in [1.54, 1.807) is 6.08 Å². The summed E-state index contributed by atoms with van der Waals surface area (Å²) in [5.41, 5.74) is 2.55. The van der Waals surface area contributed by atoms with Crippen LogP contribution in [-0.2, 0) is 9.47 Å². The van der Waals surface area contributed by atoms with E-state index in [4.69, 9.17) is 9.47 Å². The maximum atomic E-state index is 6.30. The molecule has 1 saturated carbocycles. The number of benzene rings is 1.